The van der Waals surface area contributed by atoms with E-state index in [-0.39, 0.29) is 11.9 Å². The first-order valence-corrected chi connectivity index (χ1v) is 7.03. The summed E-state index contributed by atoms with van der Waals surface area (Å²) in [5.41, 5.74) is 9.35. The highest BCUT2D eigenvalue weighted by Crippen LogP contribution is 2.28. The molecule has 0 aromatic heterocycles. The Kier molecular flexibility index (Phi) is 3.79. The van der Waals surface area contributed by atoms with E-state index in [1.165, 1.54) is 11.1 Å². The highest BCUT2D eigenvalue weighted by Gasteiger charge is 2.19. The van der Waals surface area contributed by atoms with Gasteiger partial charge < -0.3 is 0 Å². The number of fused-ring (bicyclic) bond motifs is 1. The summed E-state index contributed by atoms with van der Waals surface area (Å²) < 4.78 is 0. The van der Waals surface area contributed by atoms with Gasteiger partial charge in [0.25, 0.3) is 5.91 Å². The third-order valence-corrected chi connectivity index (χ3v) is 3.77. The maximum absolute atomic E-state index is 12.0. The van der Waals surface area contributed by atoms with Crippen molar-refractivity contribution >= 4 is 5.91 Å². The number of aryl methyl sites for hydroxylation is 1. The fourth-order valence-electron chi connectivity index (χ4n) is 2.72. The van der Waals surface area contributed by atoms with Gasteiger partial charge >= 0.3 is 0 Å². The van der Waals surface area contributed by atoms with Crippen molar-refractivity contribution in [1.82, 2.24) is 10.9 Å². The van der Waals surface area contributed by atoms with Crippen molar-refractivity contribution in [3.05, 3.63) is 71.3 Å². The largest absolute Gasteiger partial charge is 0.287 e. The highest BCUT2D eigenvalue weighted by molar-refractivity contribution is 5.93. The van der Waals surface area contributed by atoms with Crippen LogP contribution in [0, 0.1) is 0 Å². The van der Waals surface area contributed by atoms with E-state index >= 15 is 0 Å². The molecule has 0 bridgehead atoms. The number of benzene rings is 2. The predicted molar refractivity (Wildman–Crippen MR) is 79.2 cm³/mol. The standard InChI is InChI=1S/C17H18N2O/c20-17(14-8-2-1-3-9-14)19-18-16-12-6-10-13-7-4-5-11-15(13)16/h1-5,7-9,11,16,18H,6,10,12H2,(H,19,20)/t16-/m1/s1. The summed E-state index contributed by atoms with van der Waals surface area (Å²) in [5, 5.41) is 0. The van der Waals surface area contributed by atoms with E-state index in [0.717, 1.165) is 19.3 Å². The molecule has 0 fully saturated rings. The molecule has 3 rings (SSSR count). The number of carbonyl (C=O) groups is 1. The molecular formula is C17H18N2O. The Morgan fingerprint density at radius 3 is 2.60 bits per heavy atom. The topological polar surface area (TPSA) is 41.1 Å². The van der Waals surface area contributed by atoms with Gasteiger partial charge in [-0.25, -0.2) is 5.43 Å². The summed E-state index contributed by atoms with van der Waals surface area (Å²) in [6.07, 6.45) is 3.32. The van der Waals surface area contributed by atoms with Gasteiger partial charge in [-0.15, -0.1) is 0 Å². The highest BCUT2D eigenvalue weighted by atomic mass is 16.2. The molecular weight excluding hydrogens is 248 g/mol. The number of hydrazine groups is 1. The molecule has 0 spiro atoms. The maximum atomic E-state index is 12.0. The van der Waals surface area contributed by atoms with Gasteiger partial charge in [-0.05, 0) is 42.5 Å². The number of hydrogen-bond donors (Lipinski definition) is 2. The van der Waals surface area contributed by atoms with Crippen LogP contribution in [0.25, 0.3) is 0 Å². The van der Waals surface area contributed by atoms with Crippen LogP contribution in [0.1, 0.15) is 40.4 Å². The second-order valence-corrected chi connectivity index (χ2v) is 5.11. The molecule has 1 aliphatic carbocycles. The lowest BCUT2D eigenvalue weighted by molar-refractivity contribution is 0.0923. The Bertz CT molecular complexity index is 595. The van der Waals surface area contributed by atoms with Crippen molar-refractivity contribution in [3.8, 4) is 0 Å². The van der Waals surface area contributed by atoms with Crippen LogP contribution in [0.15, 0.2) is 54.6 Å². The molecule has 2 aromatic rings. The zero-order valence-electron chi connectivity index (χ0n) is 11.3. The molecule has 0 heterocycles. The third-order valence-electron chi connectivity index (χ3n) is 3.77. The first-order valence-electron chi connectivity index (χ1n) is 7.03. The van der Waals surface area contributed by atoms with Gasteiger partial charge in [0.05, 0.1) is 6.04 Å². The van der Waals surface area contributed by atoms with Crippen LogP contribution < -0.4 is 10.9 Å². The number of amides is 1. The SMILES string of the molecule is O=C(NN[C@@H]1CCCc2ccccc21)c1ccccc1. The summed E-state index contributed by atoms with van der Waals surface area (Å²) in [6, 6.07) is 17.9. The van der Waals surface area contributed by atoms with E-state index in [1.54, 1.807) is 0 Å². The average molecular weight is 266 g/mol. The minimum Gasteiger partial charge on any atom is -0.287 e. The van der Waals surface area contributed by atoms with Gasteiger partial charge in [0, 0.05) is 5.56 Å². The van der Waals surface area contributed by atoms with Crippen molar-refractivity contribution in [1.29, 1.82) is 0 Å². The molecule has 0 radical (unpaired) electrons. The molecule has 1 amide bonds. The molecule has 3 nitrogen and oxygen atoms in total. The lowest BCUT2D eigenvalue weighted by Gasteiger charge is -2.26. The Morgan fingerprint density at radius 1 is 1.00 bits per heavy atom. The van der Waals surface area contributed by atoms with Crippen LogP contribution in [0.3, 0.4) is 0 Å². The summed E-state index contributed by atoms with van der Waals surface area (Å²) in [6.45, 7) is 0. The number of hydrogen-bond acceptors (Lipinski definition) is 2. The smallest absolute Gasteiger partial charge is 0.265 e. The van der Waals surface area contributed by atoms with Crippen molar-refractivity contribution in [3.63, 3.8) is 0 Å². The fraction of sp³-hybridized carbons (Fsp3) is 0.235. The van der Waals surface area contributed by atoms with E-state index in [0.29, 0.717) is 5.56 Å². The van der Waals surface area contributed by atoms with Crippen molar-refractivity contribution in [2.45, 2.75) is 25.3 Å². The molecule has 1 atom stereocenters. The first-order chi connectivity index (χ1) is 9.84. The van der Waals surface area contributed by atoms with Crippen LogP contribution in [0.2, 0.25) is 0 Å². The van der Waals surface area contributed by atoms with Gasteiger partial charge in [0.15, 0.2) is 0 Å². The van der Waals surface area contributed by atoms with E-state index in [2.05, 4.69) is 35.1 Å². The Morgan fingerprint density at radius 2 is 1.75 bits per heavy atom. The van der Waals surface area contributed by atoms with E-state index in [9.17, 15) is 4.79 Å². The van der Waals surface area contributed by atoms with Crippen molar-refractivity contribution in [2.24, 2.45) is 0 Å². The zero-order valence-corrected chi connectivity index (χ0v) is 11.3. The second-order valence-electron chi connectivity index (χ2n) is 5.11. The molecule has 0 aliphatic heterocycles. The maximum Gasteiger partial charge on any atom is 0.265 e. The lowest BCUT2D eigenvalue weighted by Crippen LogP contribution is -2.41. The predicted octanol–water partition coefficient (Wildman–Crippen LogP) is 3.00. The Balaban J connectivity index is 1.67. The van der Waals surface area contributed by atoms with Crippen LogP contribution >= 0.6 is 0 Å². The average Bonchev–Trinajstić information content (AvgIpc) is 2.53. The normalized spacial score (nSPS) is 17.3. The van der Waals surface area contributed by atoms with E-state index in [4.69, 9.17) is 0 Å². The lowest BCUT2D eigenvalue weighted by atomic mass is 9.88. The first kappa shape index (κ1) is 12.9. The summed E-state index contributed by atoms with van der Waals surface area (Å²) in [7, 11) is 0. The molecule has 102 valence electrons. The van der Waals surface area contributed by atoms with Crippen LogP contribution in [0.4, 0.5) is 0 Å². The minimum absolute atomic E-state index is 0.0892. The summed E-state index contributed by atoms with van der Waals surface area (Å²) >= 11 is 0. The summed E-state index contributed by atoms with van der Waals surface area (Å²) in [4.78, 5) is 12.0. The molecule has 2 aromatic carbocycles. The Hall–Kier alpha value is -2.13. The molecule has 20 heavy (non-hydrogen) atoms. The van der Waals surface area contributed by atoms with E-state index in [1.807, 2.05) is 30.3 Å². The van der Waals surface area contributed by atoms with Crippen LogP contribution in [-0.4, -0.2) is 5.91 Å². The van der Waals surface area contributed by atoms with Gasteiger partial charge in [0.1, 0.15) is 0 Å². The minimum atomic E-state index is -0.0892. The fourth-order valence-corrected chi connectivity index (χ4v) is 2.72. The number of carbonyl (C=O) groups excluding carboxylic acids is 1. The Labute approximate surface area is 119 Å². The second kappa shape index (κ2) is 5.88. The molecule has 0 unspecified atom stereocenters. The monoisotopic (exact) mass is 266 g/mol. The molecule has 0 saturated carbocycles. The molecule has 2 N–H and O–H groups in total. The van der Waals surface area contributed by atoms with Crippen LogP contribution in [-0.2, 0) is 6.42 Å². The number of rotatable bonds is 3. The van der Waals surface area contributed by atoms with Gasteiger partial charge in [-0.3, -0.25) is 10.2 Å². The van der Waals surface area contributed by atoms with Crippen molar-refractivity contribution < 1.29 is 4.79 Å². The van der Waals surface area contributed by atoms with Gasteiger partial charge in [-0.2, -0.15) is 0 Å². The number of nitrogens with one attached hydrogen (secondary N) is 2. The van der Waals surface area contributed by atoms with Crippen molar-refractivity contribution in [2.75, 3.05) is 0 Å². The van der Waals surface area contributed by atoms with E-state index < -0.39 is 0 Å². The molecule has 1 aliphatic rings. The zero-order chi connectivity index (χ0) is 13.8. The van der Waals surface area contributed by atoms with Gasteiger partial charge in [-0.1, -0.05) is 42.5 Å². The quantitative estimate of drug-likeness (QED) is 0.838. The van der Waals surface area contributed by atoms with Gasteiger partial charge in [0.2, 0.25) is 0 Å². The molecule has 0 saturated heterocycles. The third kappa shape index (κ3) is 2.73. The summed E-state index contributed by atoms with van der Waals surface area (Å²) in [5.74, 6) is -0.0892. The molecule has 3 heteroatoms. The van der Waals surface area contributed by atoms with Crippen LogP contribution in [0.5, 0.6) is 0 Å².